The molecule has 0 amide bonds. The predicted molar refractivity (Wildman–Crippen MR) is 74.7 cm³/mol. The molecule has 1 aromatic rings. The van der Waals surface area contributed by atoms with Crippen molar-refractivity contribution in [3.63, 3.8) is 0 Å². The summed E-state index contributed by atoms with van der Waals surface area (Å²) in [6.45, 7) is 0.842. The molecule has 0 bridgehead atoms. The summed E-state index contributed by atoms with van der Waals surface area (Å²) in [6.07, 6.45) is 3.79. The van der Waals surface area contributed by atoms with Crippen molar-refractivity contribution in [1.82, 2.24) is 4.98 Å². The molecule has 1 aliphatic heterocycles. The molecule has 0 saturated carbocycles. The fraction of sp³-hybridized carbons (Fsp3) is 0.500. The van der Waals surface area contributed by atoms with Crippen LogP contribution in [-0.2, 0) is 0 Å². The number of rotatable bonds is 4. The largest absolute Gasteiger partial charge is 0.478 e. The van der Waals surface area contributed by atoms with Crippen LogP contribution >= 0.6 is 23.4 Å². The van der Waals surface area contributed by atoms with Crippen LogP contribution in [0.5, 0.6) is 0 Å². The van der Waals surface area contributed by atoms with E-state index in [0.717, 1.165) is 6.54 Å². The zero-order chi connectivity index (χ0) is 13.0. The van der Waals surface area contributed by atoms with Crippen LogP contribution in [0.4, 0.5) is 5.82 Å². The van der Waals surface area contributed by atoms with Crippen LogP contribution in [0.25, 0.3) is 0 Å². The molecule has 4 nitrogen and oxygen atoms in total. The molecule has 0 aromatic carbocycles. The molecule has 2 heterocycles. The Morgan fingerprint density at radius 2 is 2.28 bits per heavy atom. The van der Waals surface area contributed by atoms with Crippen molar-refractivity contribution < 1.29 is 9.90 Å². The molecule has 0 atom stereocenters. The molecule has 0 unspecified atom stereocenters. The van der Waals surface area contributed by atoms with Crippen molar-refractivity contribution in [2.45, 2.75) is 12.8 Å². The molecule has 18 heavy (non-hydrogen) atoms. The van der Waals surface area contributed by atoms with E-state index in [2.05, 4.69) is 10.3 Å². The topological polar surface area (TPSA) is 62.2 Å². The van der Waals surface area contributed by atoms with Crippen molar-refractivity contribution in [2.75, 3.05) is 23.4 Å². The number of thioether (sulfide) groups is 1. The monoisotopic (exact) mass is 286 g/mol. The average molecular weight is 287 g/mol. The highest BCUT2D eigenvalue weighted by Crippen LogP contribution is 2.23. The van der Waals surface area contributed by atoms with Gasteiger partial charge in [-0.2, -0.15) is 11.8 Å². The lowest BCUT2D eigenvalue weighted by Gasteiger charge is -2.21. The summed E-state index contributed by atoms with van der Waals surface area (Å²) in [5.74, 6) is 2.62. The lowest BCUT2D eigenvalue weighted by molar-refractivity contribution is 0.0697. The molecule has 0 radical (unpaired) electrons. The second-order valence-electron chi connectivity index (χ2n) is 4.29. The second-order valence-corrected chi connectivity index (χ2v) is 5.92. The van der Waals surface area contributed by atoms with E-state index in [1.807, 2.05) is 11.8 Å². The highest BCUT2D eigenvalue weighted by Gasteiger charge is 2.14. The molecule has 1 saturated heterocycles. The standard InChI is InChI=1S/C12H15ClN2O2S/c13-10-7-15-11(5-9(10)12(16)17)14-6-8-1-3-18-4-2-8/h5,7-8H,1-4,6H2,(H,14,15)(H,16,17). The van der Waals surface area contributed by atoms with Crippen LogP contribution in [0.2, 0.25) is 5.02 Å². The van der Waals surface area contributed by atoms with E-state index in [1.54, 1.807) is 0 Å². The van der Waals surface area contributed by atoms with Gasteiger partial charge in [0.1, 0.15) is 5.82 Å². The Balaban J connectivity index is 1.96. The van der Waals surface area contributed by atoms with Crippen molar-refractivity contribution in [3.05, 3.63) is 22.8 Å². The maximum Gasteiger partial charge on any atom is 0.337 e. The Kier molecular flexibility index (Phi) is 4.72. The number of carboxylic acid groups (broad SMARTS) is 1. The highest BCUT2D eigenvalue weighted by molar-refractivity contribution is 7.99. The summed E-state index contributed by atoms with van der Waals surface area (Å²) in [4.78, 5) is 15.0. The first-order valence-electron chi connectivity index (χ1n) is 5.87. The van der Waals surface area contributed by atoms with E-state index >= 15 is 0 Å². The van der Waals surface area contributed by atoms with Gasteiger partial charge in [0, 0.05) is 12.7 Å². The fourth-order valence-corrected chi connectivity index (χ4v) is 3.29. The molecule has 1 aromatic heterocycles. The smallest absolute Gasteiger partial charge is 0.337 e. The minimum absolute atomic E-state index is 0.0911. The summed E-state index contributed by atoms with van der Waals surface area (Å²) >= 11 is 7.76. The van der Waals surface area contributed by atoms with E-state index in [4.69, 9.17) is 16.7 Å². The number of pyridine rings is 1. The Hall–Kier alpha value is -0.940. The molecular weight excluding hydrogens is 272 g/mol. The summed E-state index contributed by atoms with van der Waals surface area (Å²) in [5, 5.41) is 12.3. The van der Waals surface area contributed by atoms with E-state index < -0.39 is 5.97 Å². The first-order chi connectivity index (χ1) is 8.66. The summed E-state index contributed by atoms with van der Waals surface area (Å²) < 4.78 is 0. The van der Waals surface area contributed by atoms with Gasteiger partial charge in [0.2, 0.25) is 0 Å². The molecule has 0 spiro atoms. The number of aromatic carboxylic acids is 1. The Morgan fingerprint density at radius 1 is 1.56 bits per heavy atom. The van der Waals surface area contributed by atoms with E-state index in [-0.39, 0.29) is 10.6 Å². The van der Waals surface area contributed by atoms with Crippen LogP contribution in [-0.4, -0.2) is 34.1 Å². The van der Waals surface area contributed by atoms with Crippen LogP contribution in [0.15, 0.2) is 12.3 Å². The van der Waals surface area contributed by atoms with Crippen molar-refractivity contribution in [2.24, 2.45) is 5.92 Å². The number of nitrogens with one attached hydrogen (secondary N) is 1. The molecule has 2 N–H and O–H groups in total. The zero-order valence-corrected chi connectivity index (χ0v) is 11.4. The van der Waals surface area contributed by atoms with Gasteiger partial charge < -0.3 is 10.4 Å². The van der Waals surface area contributed by atoms with Crippen molar-refractivity contribution >= 4 is 35.1 Å². The first-order valence-corrected chi connectivity index (χ1v) is 7.40. The summed E-state index contributed by atoms with van der Waals surface area (Å²) in [6, 6.07) is 1.49. The van der Waals surface area contributed by atoms with Crippen molar-refractivity contribution in [3.8, 4) is 0 Å². The van der Waals surface area contributed by atoms with Gasteiger partial charge in [-0.15, -0.1) is 0 Å². The average Bonchev–Trinajstić information content (AvgIpc) is 2.38. The predicted octanol–water partition coefficient (Wildman–Crippen LogP) is 2.99. The maximum absolute atomic E-state index is 10.9. The van der Waals surface area contributed by atoms with E-state index in [0.29, 0.717) is 11.7 Å². The van der Waals surface area contributed by atoms with Gasteiger partial charge in [0.15, 0.2) is 0 Å². The Labute approximate surface area is 115 Å². The van der Waals surface area contributed by atoms with Gasteiger partial charge in [-0.1, -0.05) is 11.6 Å². The number of aromatic nitrogens is 1. The first kappa shape index (κ1) is 13.5. The molecule has 6 heteroatoms. The Morgan fingerprint density at radius 3 is 2.94 bits per heavy atom. The van der Waals surface area contributed by atoms with Crippen LogP contribution in [0, 0.1) is 5.92 Å². The number of hydrogen-bond donors (Lipinski definition) is 2. The molecule has 0 aliphatic carbocycles. The zero-order valence-electron chi connectivity index (χ0n) is 9.86. The van der Waals surface area contributed by atoms with Gasteiger partial charge in [-0.05, 0) is 36.3 Å². The highest BCUT2D eigenvalue weighted by atomic mass is 35.5. The fourth-order valence-electron chi connectivity index (χ4n) is 1.90. The number of nitrogens with zero attached hydrogens (tertiary/aromatic N) is 1. The van der Waals surface area contributed by atoms with Gasteiger partial charge in [0.05, 0.1) is 10.6 Å². The second kappa shape index (κ2) is 6.29. The molecule has 98 valence electrons. The minimum Gasteiger partial charge on any atom is -0.478 e. The molecular formula is C12H15ClN2O2S. The molecule has 1 aliphatic rings. The number of hydrogen-bond acceptors (Lipinski definition) is 4. The number of halogens is 1. The third-order valence-corrected chi connectivity index (χ3v) is 4.35. The maximum atomic E-state index is 10.9. The summed E-state index contributed by atoms with van der Waals surface area (Å²) in [5.41, 5.74) is 0.0911. The number of carbonyl (C=O) groups is 1. The minimum atomic E-state index is -1.03. The third-order valence-electron chi connectivity index (χ3n) is 3.00. The summed E-state index contributed by atoms with van der Waals surface area (Å²) in [7, 11) is 0. The van der Waals surface area contributed by atoms with Crippen LogP contribution < -0.4 is 5.32 Å². The van der Waals surface area contributed by atoms with Crippen LogP contribution in [0.1, 0.15) is 23.2 Å². The van der Waals surface area contributed by atoms with E-state index in [9.17, 15) is 4.79 Å². The molecule has 1 fully saturated rings. The van der Waals surface area contributed by atoms with Gasteiger partial charge in [-0.3, -0.25) is 0 Å². The van der Waals surface area contributed by atoms with Gasteiger partial charge in [0.25, 0.3) is 0 Å². The third kappa shape index (κ3) is 3.53. The van der Waals surface area contributed by atoms with Gasteiger partial charge >= 0.3 is 5.97 Å². The SMILES string of the molecule is O=C(O)c1cc(NCC2CCSCC2)ncc1Cl. The quantitative estimate of drug-likeness (QED) is 0.891. The van der Waals surface area contributed by atoms with Crippen LogP contribution in [0.3, 0.4) is 0 Å². The van der Waals surface area contributed by atoms with E-state index in [1.165, 1.54) is 36.6 Å². The lowest BCUT2D eigenvalue weighted by atomic mass is 10.0. The number of carboxylic acids is 1. The normalized spacial score (nSPS) is 16.5. The lowest BCUT2D eigenvalue weighted by Crippen LogP contribution is -2.19. The van der Waals surface area contributed by atoms with Crippen molar-refractivity contribution in [1.29, 1.82) is 0 Å². The van der Waals surface area contributed by atoms with Gasteiger partial charge in [-0.25, -0.2) is 9.78 Å². The Bertz CT molecular complexity index is 436. The molecule has 2 rings (SSSR count). The number of anilines is 1.